The van der Waals surface area contributed by atoms with Gasteiger partial charge in [0.1, 0.15) is 11.7 Å². The van der Waals surface area contributed by atoms with Crippen molar-refractivity contribution in [2.45, 2.75) is 19.4 Å². The molecule has 0 amide bonds. The van der Waals surface area contributed by atoms with Crippen molar-refractivity contribution in [1.82, 2.24) is 19.9 Å². The summed E-state index contributed by atoms with van der Waals surface area (Å²) in [6.45, 7) is 2.88. The molecule has 1 aromatic carbocycles. The Bertz CT molecular complexity index is 1110. The van der Waals surface area contributed by atoms with Crippen molar-refractivity contribution >= 4 is 23.0 Å². The number of fused-ring (bicyclic) bond motifs is 1. The molecule has 0 fully saturated rings. The zero-order valence-corrected chi connectivity index (χ0v) is 16.9. The second-order valence-electron chi connectivity index (χ2n) is 6.81. The fourth-order valence-corrected chi connectivity index (χ4v) is 3.13. The number of carbonyl (C=O) groups excluding carboxylic acids is 1. The van der Waals surface area contributed by atoms with Crippen molar-refractivity contribution in [3.05, 3.63) is 58.3 Å². The molecule has 0 aliphatic heterocycles. The Balaban J connectivity index is 1.79. The molecule has 0 radical (unpaired) electrons. The summed E-state index contributed by atoms with van der Waals surface area (Å²) in [7, 11) is 1.34. The molecule has 0 spiro atoms. The zero-order chi connectivity index (χ0) is 21.7. The van der Waals surface area contributed by atoms with Crippen molar-refractivity contribution < 1.29 is 9.53 Å². The number of aryl methyl sites for hydroxylation is 1. The van der Waals surface area contributed by atoms with E-state index < -0.39 is 12.0 Å². The number of aliphatic imine (C=N–C) groups is 1. The first-order chi connectivity index (χ1) is 14.4. The first-order valence-corrected chi connectivity index (χ1v) is 9.45. The summed E-state index contributed by atoms with van der Waals surface area (Å²) in [4.78, 5) is 35.6. The lowest BCUT2D eigenvalue weighted by Gasteiger charge is -2.17. The molecule has 6 N–H and O–H groups in total. The number of carbonyl (C=O) groups is 1. The maximum atomic E-state index is 12.4. The predicted molar refractivity (Wildman–Crippen MR) is 114 cm³/mol. The third kappa shape index (κ3) is 4.84. The van der Waals surface area contributed by atoms with E-state index in [0.717, 1.165) is 11.1 Å². The second-order valence-corrected chi connectivity index (χ2v) is 6.81. The maximum Gasteiger partial charge on any atom is 0.354 e. The smallest absolute Gasteiger partial charge is 0.354 e. The number of ether oxygens (including phenoxy) is 1. The highest BCUT2D eigenvalue weighted by Crippen LogP contribution is 2.18. The van der Waals surface area contributed by atoms with Crippen LogP contribution in [0.4, 0.5) is 0 Å². The van der Waals surface area contributed by atoms with Gasteiger partial charge in [-0.05, 0) is 43.7 Å². The molecule has 0 unspecified atom stereocenters. The van der Waals surface area contributed by atoms with Crippen LogP contribution < -0.4 is 22.5 Å². The summed E-state index contributed by atoms with van der Waals surface area (Å²) in [5.41, 5.74) is 13.1. The van der Waals surface area contributed by atoms with E-state index in [2.05, 4.69) is 20.3 Å². The molecule has 0 aliphatic carbocycles. The van der Waals surface area contributed by atoms with Crippen LogP contribution in [0.5, 0.6) is 0 Å². The molecule has 158 valence electrons. The number of aromatic amines is 1. The van der Waals surface area contributed by atoms with Crippen LogP contribution in [0.1, 0.15) is 23.7 Å². The van der Waals surface area contributed by atoms with Crippen LogP contribution in [0.25, 0.3) is 16.7 Å². The molecule has 1 atom stereocenters. The summed E-state index contributed by atoms with van der Waals surface area (Å²) < 4.78 is 6.38. The Kier molecular flexibility index (Phi) is 6.48. The lowest BCUT2D eigenvalue weighted by Crippen LogP contribution is -2.31. The Morgan fingerprint density at radius 2 is 2.07 bits per heavy atom. The fraction of sp³-hybridized carbons (Fsp3) is 0.300. The minimum atomic E-state index is -0.645. The molecule has 3 aromatic rings. The van der Waals surface area contributed by atoms with Gasteiger partial charge in [0, 0.05) is 23.8 Å². The summed E-state index contributed by atoms with van der Waals surface area (Å²) in [6, 6.07) is 8.36. The number of rotatable bonds is 8. The average molecular weight is 411 g/mol. The van der Waals surface area contributed by atoms with E-state index in [0.29, 0.717) is 36.4 Å². The number of H-pyrrole nitrogens is 1. The number of benzene rings is 1. The summed E-state index contributed by atoms with van der Waals surface area (Å²) in [5, 5.41) is 3.99. The van der Waals surface area contributed by atoms with Gasteiger partial charge in [0.25, 0.3) is 0 Å². The van der Waals surface area contributed by atoms with Crippen molar-refractivity contribution in [3.8, 4) is 5.69 Å². The fourth-order valence-electron chi connectivity index (χ4n) is 3.13. The number of aromatic nitrogens is 3. The molecular weight excluding hydrogens is 386 g/mol. The molecule has 0 bridgehead atoms. The number of guanidine groups is 1. The molecule has 10 heteroatoms. The third-order valence-electron chi connectivity index (χ3n) is 4.56. The van der Waals surface area contributed by atoms with E-state index in [1.807, 2.05) is 13.0 Å². The number of nitrogens with two attached hydrogens (primary N) is 2. The lowest BCUT2D eigenvalue weighted by molar-refractivity contribution is -0.143. The molecule has 30 heavy (non-hydrogen) atoms. The molecule has 0 saturated heterocycles. The van der Waals surface area contributed by atoms with Gasteiger partial charge in [0.05, 0.1) is 12.8 Å². The number of esters is 1. The van der Waals surface area contributed by atoms with Crippen LogP contribution >= 0.6 is 0 Å². The van der Waals surface area contributed by atoms with Gasteiger partial charge in [-0.15, -0.1) is 0 Å². The summed E-state index contributed by atoms with van der Waals surface area (Å²) in [5.74, 6) is -0.375. The van der Waals surface area contributed by atoms with Crippen molar-refractivity contribution in [2.75, 3.05) is 20.2 Å². The van der Waals surface area contributed by atoms with E-state index in [4.69, 9.17) is 16.2 Å². The van der Waals surface area contributed by atoms with E-state index in [1.54, 1.807) is 30.5 Å². The Hall–Kier alpha value is -3.66. The number of nitrogens with zero attached hydrogens (tertiary/aromatic N) is 3. The topological polar surface area (TPSA) is 153 Å². The van der Waals surface area contributed by atoms with Gasteiger partial charge in [0.15, 0.2) is 5.96 Å². The molecule has 2 heterocycles. The molecule has 0 saturated carbocycles. The van der Waals surface area contributed by atoms with Gasteiger partial charge in [0.2, 0.25) is 0 Å². The molecule has 0 aliphatic rings. The number of hydrogen-bond donors (Lipinski definition) is 4. The van der Waals surface area contributed by atoms with Crippen LogP contribution in [0.3, 0.4) is 0 Å². The van der Waals surface area contributed by atoms with Crippen LogP contribution in [0.15, 0.2) is 46.3 Å². The normalized spacial score (nSPS) is 11.9. The van der Waals surface area contributed by atoms with Gasteiger partial charge in [-0.25, -0.2) is 9.59 Å². The van der Waals surface area contributed by atoms with E-state index in [-0.39, 0.29) is 11.6 Å². The van der Waals surface area contributed by atoms with Gasteiger partial charge in [-0.3, -0.25) is 9.56 Å². The highest BCUT2D eigenvalue weighted by Gasteiger charge is 2.20. The minimum Gasteiger partial charge on any atom is -0.468 e. The van der Waals surface area contributed by atoms with Crippen molar-refractivity contribution in [2.24, 2.45) is 16.5 Å². The van der Waals surface area contributed by atoms with E-state index >= 15 is 0 Å². The van der Waals surface area contributed by atoms with Gasteiger partial charge in [-0.1, -0.05) is 12.1 Å². The number of nitrogens with one attached hydrogen (secondary N) is 2. The third-order valence-corrected chi connectivity index (χ3v) is 4.56. The first-order valence-electron chi connectivity index (χ1n) is 9.45. The largest absolute Gasteiger partial charge is 0.468 e. The zero-order valence-electron chi connectivity index (χ0n) is 16.9. The van der Waals surface area contributed by atoms with Crippen LogP contribution in [-0.4, -0.2) is 46.7 Å². The molecule has 10 nitrogen and oxygen atoms in total. The van der Waals surface area contributed by atoms with E-state index in [9.17, 15) is 9.59 Å². The van der Waals surface area contributed by atoms with Crippen LogP contribution in [0, 0.1) is 6.92 Å². The molecular formula is C20H25N7O3. The lowest BCUT2D eigenvalue weighted by atomic mass is 10.1. The highest BCUT2D eigenvalue weighted by atomic mass is 16.5. The highest BCUT2D eigenvalue weighted by molar-refractivity contribution is 5.78. The molecule has 3 rings (SSSR count). The monoisotopic (exact) mass is 411 g/mol. The van der Waals surface area contributed by atoms with Crippen LogP contribution in [0.2, 0.25) is 0 Å². The summed E-state index contributed by atoms with van der Waals surface area (Å²) >= 11 is 0. The van der Waals surface area contributed by atoms with Crippen LogP contribution in [-0.2, 0) is 9.53 Å². The Morgan fingerprint density at radius 3 is 2.73 bits per heavy atom. The van der Waals surface area contributed by atoms with Gasteiger partial charge < -0.3 is 26.5 Å². The minimum absolute atomic E-state index is 0.0350. The second kappa shape index (κ2) is 9.23. The quantitative estimate of drug-likeness (QED) is 0.182. The maximum absolute atomic E-state index is 12.4. The predicted octanol–water partition coefficient (Wildman–Crippen LogP) is 0.489. The van der Waals surface area contributed by atoms with E-state index in [1.165, 1.54) is 11.7 Å². The SMILES string of the molecule is COC(=O)[C@H](NCCCN=C(N)N)c1ccc(-n2cc3cc(C)[nH]c3nc2=O)cc1. The van der Waals surface area contributed by atoms with Crippen molar-refractivity contribution in [1.29, 1.82) is 0 Å². The average Bonchev–Trinajstić information content (AvgIpc) is 3.08. The standard InChI is InChI=1S/C20H25N7O3/c1-12-10-14-11-27(20(29)26-17(14)25-12)15-6-4-13(5-7-15)16(18(28)30-2)23-8-3-9-24-19(21)22/h4-7,10-11,16,23H,3,8-9H2,1-2H3,(H4,21,22,24)(H,25,26,29)/t16-/m1/s1. The first kappa shape index (κ1) is 21.1. The number of hydrogen-bond acceptors (Lipinski definition) is 6. The summed E-state index contributed by atoms with van der Waals surface area (Å²) in [6.07, 6.45) is 2.39. The van der Waals surface area contributed by atoms with Gasteiger partial charge in [-0.2, -0.15) is 4.98 Å². The Labute approximate surface area is 173 Å². The molecule has 2 aromatic heterocycles. The Morgan fingerprint density at radius 1 is 1.33 bits per heavy atom. The van der Waals surface area contributed by atoms with Crippen molar-refractivity contribution in [3.63, 3.8) is 0 Å². The number of methoxy groups -OCH3 is 1. The van der Waals surface area contributed by atoms with Gasteiger partial charge >= 0.3 is 11.7 Å².